The highest BCUT2D eigenvalue weighted by Crippen LogP contribution is 2.43. The summed E-state index contributed by atoms with van der Waals surface area (Å²) in [5.74, 6) is -1.26. The Morgan fingerprint density at radius 1 is 0.875 bits per heavy atom. The average Bonchev–Trinajstić information content (AvgIpc) is 1.97. The average molecular weight is 309 g/mol. The van der Waals surface area contributed by atoms with Crippen LogP contribution in [-0.4, -0.2) is 5.11 Å². The summed E-state index contributed by atoms with van der Waals surface area (Å²) in [5.41, 5.74) is -3.21. The van der Waals surface area contributed by atoms with Gasteiger partial charge in [-0.05, 0) is 12.1 Å². The van der Waals surface area contributed by atoms with Crippen LogP contribution in [0.1, 0.15) is 11.1 Å². The fourth-order valence-corrected chi connectivity index (χ4v) is 1.56. The van der Waals surface area contributed by atoms with E-state index < -0.39 is 33.7 Å². The van der Waals surface area contributed by atoms with Gasteiger partial charge in [-0.15, -0.1) is 0 Å². The van der Waals surface area contributed by atoms with E-state index in [4.69, 9.17) is 5.11 Å². The predicted molar refractivity (Wildman–Crippen MR) is 45.8 cm³/mol. The summed E-state index contributed by atoms with van der Waals surface area (Å²) < 4.78 is 72.8. The van der Waals surface area contributed by atoms with Gasteiger partial charge in [0, 0.05) is 4.47 Å². The lowest BCUT2D eigenvalue weighted by Crippen LogP contribution is -2.11. The summed E-state index contributed by atoms with van der Waals surface area (Å²) in [6.45, 7) is 0. The zero-order chi connectivity index (χ0) is 12.7. The van der Waals surface area contributed by atoms with Gasteiger partial charge in [-0.3, -0.25) is 0 Å². The molecule has 1 rings (SSSR count). The van der Waals surface area contributed by atoms with Crippen LogP contribution >= 0.6 is 15.9 Å². The largest absolute Gasteiger partial charge is 0.507 e. The summed E-state index contributed by atoms with van der Waals surface area (Å²) in [6, 6.07) is 0.227. The normalized spacial score (nSPS) is 12.9. The molecule has 0 amide bonds. The highest BCUT2D eigenvalue weighted by molar-refractivity contribution is 9.10. The van der Waals surface area contributed by atoms with Crippen LogP contribution in [-0.2, 0) is 12.4 Å². The molecule has 0 radical (unpaired) electrons. The van der Waals surface area contributed by atoms with Crippen LogP contribution in [0.3, 0.4) is 0 Å². The van der Waals surface area contributed by atoms with Crippen LogP contribution in [0.25, 0.3) is 0 Å². The molecule has 8 heteroatoms. The van der Waals surface area contributed by atoms with Gasteiger partial charge in [0.1, 0.15) is 5.75 Å². The zero-order valence-electron chi connectivity index (χ0n) is 7.25. The molecule has 0 atom stereocenters. The fourth-order valence-electron chi connectivity index (χ4n) is 1.01. The number of benzene rings is 1. The Morgan fingerprint density at radius 3 is 1.69 bits per heavy atom. The second-order valence-electron chi connectivity index (χ2n) is 2.84. The molecule has 0 saturated heterocycles. The van der Waals surface area contributed by atoms with E-state index in [0.717, 1.165) is 0 Å². The molecule has 0 aliphatic carbocycles. The standard InChI is InChI=1S/C8H3BrF6O/c9-5-2-6(16)4(8(13,14)15)1-3(5)7(10,11)12/h1-2,16H. The predicted octanol–water partition coefficient (Wildman–Crippen LogP) is 4.19. The maximum atomic E-state index is 12.3. The molecule has 1 nitrogen and oxygen atoms in total. The zero-order valence-corrected chi connectivity index (χ0v) is 8.83. The minimum atomic E-state index is -5.04. The van der Waals surface area contributed by atoms with E-state index in [0.29, 0.717) is 6.07 Å². The molecule has 0 unspecified atom stereocenters. The first kappa shape index (κ1) is 13.1. The number of hydrogen-bond donors (Lipinski definition) is 1. The van der Waals surface area contributed by atoms with Crippen molar-refractivity contribution in [1.82, 2.24) is 0 Å². The molecule has 0 aliphatic heterocycles. The van der Waals surface area contributed by atoms with Gasteiger partial charge < -0.3 is 5.11 Å². The first-order valence-electron chi connectivity index (χ1n) is 3.70. The lowest BCUT2D eigenvalue weighted by molar-refractivity contribution is -0.144. The van der Waals surface area contributed by atoms with Crippen LogP contribution in [0.15, 0.2) is 16.6 Å². The molecule has 1 aromatic rings. The highest BCUT2D eigenvalue weighted by atomic mass is 79.9. The Bertz CT molecular complexity index is 373. The topological polar surface area (TPSA) is 20.2 Å². The summed E-state index contributed by atoms with van der Waals surface area (Å²) in [4.78, 5) is 0. The SMILES string of the molecule is Oc1cc(Br)c(C(F)(F)F)cc1C(F)(F)F. The Morgan fingerprint density at radius 2 is 1.31 bits per heavy atom. The fraction of sp³-hybridized carbons (Fsp3) is 0.250. The maximum absolute atomic E-state index is 12.3. The van der Waals surface area contributed by atoms with Crippen molar-refractivity contribution in [2.24, 2.45) is 0 Å². The minimum Gasteiger partial charge on any atom is -0.507 e. The van der Waals surface area contributed by atoms with Gasteiger partial charge in [0.2, 0.25) is 0 Å². The molecule has 0 spiro atoms. The highest BCUT2D eigenvalue weighted by Gasteiger charge is 2.40. The second kappa shape index (κ2) is 3.83. The van der Waals surface area contributed by atoms with Gasteiger partial charge in [0.05, 0.1) is 11.1 Å². The van der Waals surface area contributed by atoms with Gasteiger partial charge in [-0.2, -0.15) is 26.3 Å². The molecule has 1 N–H and O–H groups in total. The molecule has 1 aromatic carbocycles. The van der Waals surface area contributed by atoms with Gasteiger partial charge in [-0.1, -0.05) is 15.9 Å². The van der Waals surface area contributed by atoms with Crippen molar-refractivity contribution in [2.45, 2.75) is 12.4 Å². The minimum absolute atomic E-state index is 0.139. The van der Waals surface area contributed by atoms with Crippen LogP contribution in [0.4, 0.5) is 26.3 Å². The Balaban J connectivity index is 3.45. The third-order valence-corrected chi connectivity index (χ3v) is 2.35. The summed E-state index contributed by atoms with van der Waals surface area (Å²) in [5, 5.41) is 8.90. The van der Waals surface area contributed by atoms with Gasteiger partial charge in [0.25, 0.3) is 0 Å². The maximum Gasteiger partial charge on any atom is 0.419 e. The van der Waals surface area contributed by atoms with Crippen molar-refractivity contribution in [3.63, 3.8) is 0 Å². The molecule has 0 bridgehead atoms. The van der Waals surface area contributed by atoms with Crippen LogP contribution < -0.4 is 0 Å². The monoisotopic (exact) mass is 308 g/mol. The van der Waals surface area contributed by atoms with Gasteiger partial charge in [0.15, 0.2) is 0 Å². The smallest absolute Gasteiger partial charge is 0.419 e. The Hall–Kier alpha value is -0.920. The Kier molecular flexibility index (Phi) is 3.15. The number of hydrogen-bond acceptors (Lipinski definition) is 1. The summed E-state index contributed by atoms with van der Waals surface area (Å²) in [6.07, 6.45) is -9.96. The van der Waals surface area contributed by atoms with E-state index in [1.807, 2.05) is 0 Å². The number of rotatable bonds is 0. The summed E-state index contributed by atoms with van der Waals surface area (Å²) >= 11 is 2.44. The van der Waals surface area contributed by atoms with Crippen molar-refractivity contribution in [3.05, 3.63) is 27.7 Å². The molecule has 0 fully saturated rings. The van der Waals surface area contributed by atoms with Crippen LogP contribution in [0.5, 0.6) is 5.75 Å². The number of phenols is 1. The van der Waals surface area contributed by atoms with E-state index in [-0.39, 0.29) is 6.07 Å². The molecular weight excluding hydrogens is 306 g/mol. The third-order valence-electron chi connectivity index (χ3n) is 1.70. The molecular formula is C8H3BrF6O. The van der Waals surface area contributed by atoms with Crippen molar-refractivity contribution in [1.29, 1.82) is 0 Å². The number of alkyl halides is 6. The molecule has 90 valence electrons. The lowest BCUT2D eigenvalue weighted by atomic mass is 10.1. The quantitative estimate of drug-likeness (QED) is 0.712. The molecule has 16 heavy (non-hydrogen) atoms. The van der Waals surface area contributed by atoms with E-state index in [2.05, 4.69) is 15.9 Å². The number of phenolic OH excluding ortho intramolecular Hbond substituents is 1. The Labute approximate surface area is 93.8 Å². The van der Waals surface area contributed by atoms with E-state index in [1.165, 1.54) is 0 Å². The van der Waals surface area contributed by atoms with Crippen LogP contribution in [0, 0.1) is 0 Å². The second-order valence-corrected chi connectivity index (χ2v) is 3.70. The van der Waals surface area contributed by atoms with Crippen LogP contribution in [0.2, 0.25) is 0 Å². The van der Waals surface area contributed by atoms with Crippen molar-refractivity contribution < 1.29 is 31.4 Å². The molecule has 0 saturated carbocycles. The molecule has 0 aromatic heterocycles. The van der Waals surface area contributed by atoms with E-state index in [1.54, 1.807) is 0 Å². The van der Waals surface area contributed by atoms with Crippen molar-refractivity contribution >= 4 is 15.9 Å². The van der Waals surface area contributed by atoms with Gasteiger partial charge >= 0.3 is 12.4 Å². The van der Waals surface area contributed by atoms with E-state index in [9.17, 15) is 26.3 Å². The van der Waals surface area contributed by atoms with Crippen molar-refractivity contribution in [3.8, 4) is 5.75 Å². The first-order chi connectivity index (χ1) is 7.03. The van der Waals surface area contributed by atoms with Crippen molar-refractivity contribution in [2.75, 3.05) is 0 Å². The molecule has 0 heterocycles. The third kappa shape index (κ3) is 2.60. The first-order valence-corrected chi connectivity index (χ1v) is 4.49. The summed E-state index contributed by atoms with van der Waals surface area (Å²) in [7, 11) is 0. The van der Waals surface area contributed by atoms with Gasteiger partial charge in [-0.25, -0.2) is 0 Å². The van der Waals surface area contributed by atoms with E-state index >= 15 is 0 Å². The lowest BCUT2D eigenvalue weighted by Gasteiger charge is -2.14. The number of halogens is 7. The molecule has 0 aliphatic rings. The number of aromatic hydroxyl groups is 1.